The van der Waals surface area contributed by atoms with Crippen LogP contribution in [0.4, 0.5) is 0 Å². The lowest BCUT2D eigenvalue weighted by Gasteiger charge is -2.25. The van der Waals surface area contributed by atoms with E-state index in [2.05, 4.69) is 20.9 Å². The molecular formula is C29H35N5O7S. The summed E-state index contributed by atoms with van der Waals surface area (Å²) in [6.45, 7) is 0. The third-order valence-corrected chi connectivity index (χ3v) is 7.25. The molecule has 1 aromatic heterocycles. The Labute approximate surface area is 246 Å². The Kier molecular flexibility index (Phi) is 11.9. The zero-order valence-corrected chi connectivity index (χ0v) is 23.9. The second-order valence-corrected chi connectivity index (χ2v) is 10.7. The second-order valence-electron chi connectivity index (χ2n) is 9.76. The minimum atomic E-state index is -1.36. The first-order valence-electron chi connectivity index (χ1n) is 13.3. The topological polar surface area (TPSA) is 204 Å². The number of fused-ring (bicyclic) bond motifs is 1. The smallest absolute Gasteiger partial charge is 0.326 e. The molecule has 2 aromatic carbocycles. The second kappa shape index (κ2) is 15.6. The van der Waals surface area contributed by atoms with Gasteiger partial charge in [0.25, 0.3) is 0 Å². The lowest BCUT2D eigenvalue weighted by Crippen LogP contribution is -2.58. The van der Waals surface area contributed by atoms with Gasteiger partial charge >= 0.3 is 11.9 Å². The molecule has 0 aliphatic rings. The Morgan fingerprint density at radius 2 is 1.45 bits per heavy atom. The van der Waals surface area contributed by atoms with E-state index in [1.165, 1.54) is 11.8 Å². The van der Waals surface area contributed by atoms with Crippen LogP contribution in [0.2, 0.25) is 0 Å². The van der Waals surface area contributed by atoms with Gasteiger partial charge in [-0.05, 0) is 35.6 Å². The monoisotopic (exact) mass is 597 g/mol. The van der Waals surface area contributed by atoms with E-state index in [4.69, 9.17) is 10.8 Å². The number of para-hydroxylation sites is 1. The van der Waals surface area contributed by atoms with E-state index in [0.717, 1.165) is 16.5 Å². The molecule has 0 aliphatic carbocycles. The summed E-state index contributed by atoms with van der Waals surface area (Å²) in [6.07, 6.45) is 3.15. The molecule has 224 valence electrons. The van der Waals surface area contributed by atoms with Crippen molar-refractivity contribution in [3.63, 3.8) is 0 Å². The lowest BCUT2D eigenvalue weighted by atomic mass is 10.0. The van der Waals surface area contributed by atoms with E-state index in [0.29, 0.717) is 11.3 Å². The summed E-state index contributed by atoms with van der Waals surface area (Å²) >= 11 is 1.43. The molecular weight excluding hydrogens is 562 g/mol. The molecule has 42 heavy (non-hydrogen) atoms. The minimum absolute atomic E-state index is 0.00492. The van der Waals surface area contributed by atoms with E-state index in [-0.39, 0.29) is 19.3 Å². The number of benzene rings is 2. The number of carbonyl (C=O) groups is 5. The van der Waals surface area contributed by atoms with E-state index >= 15 is 0 Å². The van der Waals surface area contributed by atoms with Gasteiger partial charge in [-0.2, -0.15) is 11.8 Å². The molecule has 13 heteroatoms. The lowest BCUT2D eigenvalue weighted by molar-refractivity contribution is -0.142. The number of carboxylic acids is 2. The van der Waals surface area contributed by atoms with Crippen molar-refractivity contribution in [1.29, 1.82) is 0 Å². The number of carbonyl (C=O) groups excluding carboxylic acids is 3. The number of hydrogen-bond donors (Lipinski definition) is 7. The average molecular weight is 598 g/mol. The third-order valence-electron chi connectivity index (χ3n) is 6.60. The van der Waals surface area contributed by atoms with Crippen LogP contribution in [-0.4, -0.2) is 81.0 Å². The number of carboxylic acid groups (broad SMARTS) is 2. The van der Waals surface area contributed by atoms with Gasteiger partial charge in [-0.1, -0.05) is 48.5 Å². The molecule has 4 atom stereocenters. The quantitative estimate of drug-likeness (QED) is 0.126. The van der Waals surface area contributed by atoms with Crippen molar-refractivity contribution in [2.24, 2.45) is 5.73 Å². The molecule has 0 bridgehead atoms. The number of aromatic nitrogens is 1. The summed E-state index contributed by atoms with van der Waals surface area (Å²) in [6, 6.07) is 11.4. The highest BCUT2D eigenvalue weighted by Crippen LogP contribution is 2.19. The van der Waals surface area contributed by atoms with Crippen LogP contribution in [0.3, 0.4) is 0 Å². The fourth-order valence-electron chi connectivity index (χ4n) is 4.39. The molecule has 0 spiro atoms. The van der Waals surface area contributed by atoms with Gasteiger partial charge in [0.2, 0.25) is 17.7 Å². The fraction of sp³-hybridized carbons (Fsp3) is 0.345. The Morgan fingerprint density at radius 3 is 2.12 bits per heavy atom. The zero-order valence-electron chi connectivity index (χ0n) is 23.0. The minimum Gasteiger partial charge on any atom is -0.481 e. The van der Waals surface area contributed by atoms with Crippen molar-refractivity contribution in [1.82, 2.24) is 20.9 Å². The van der Waals surface area contributed by atoms with E-state index in [1.807, 2.05) is 30.5 Å². The Morgan fingerprint density at radius 1 is 0.833 bits per heavy atom. The molecule has 0 saturated heterocycles. The van der Waals surface area contributed by atoms with Gasteiger partial charge in [0.15, 0.2) is 0 Å². The molecule has 3 amide bonds. The van der Waals surface area contributed by atoms with Crippen molar-refractivity contribution in [2.75, 3.05) is 12.0 Å². The first-order valence-corrected chi connectivity index (χ1v) is 14.7. The summed E-state index contributed by atoms with van der Waals surface area (Å²) in [5.74, 6) is -4.23. The summed E-state index contributed by atoms with van der Waals surface area (Å²) in [5, 5.41) is 27.4. The highest BCUT2D eigenvalue weighted by Gasteiger charge is 2.31. The number of nitrogens with two attached hydrogens (primary N) is 1. The maximum atomic E-state index is 13.5. The molecule has 0 fully saturated rings. The van der Waals surface area contributed by atoms with Gasteiger partial charge in [-0.25, -0.2) is 4.79 Å². The maximum absolute atomic E-state index is 13.5. The largest absolute Gasteiger partial charge is 0.481 e. The summed E-state index contributed by atoms with van der Waals surface area (Å²) in [7, 11) is 0. The molecule has 3 aromatic rings. The van der Waals surface area contributed by atoms with Crippen LogP contribution >= 0.6 is 11.8 Å². The average Bonchev–Trinajstić information content (AvgIpc) is 3.37. The highest BCUT2D eigenvalue weighted by atomic mass is 32.2. The van der Waals surface area contributed by atoms with Crippen LogP contribution in [0.15, 0.2) is 60.8 Å². The van der Waals surface area contributed by atoms with E-state index in [1.54, 1.807) is 36.5 Å². The molecule has 12 nitrogen and oxygen atoms in total. The Hall–Kier alpha value is -4.36. The van der Waals surface area contributed by atoms with Gasteiger partial charge in [-0.3, -0.25) is 19.2 Å². The fourth-order valence-corrected chi connectivity index (χ4v) is 4.86. The third kappa shape index (κ3) is 9.35. The number of thioether (sulfide) groups is 1. The number of nitrogens with one attached hydrogen (secondary N) is 4. The number of hydrogen-bond acceptors (Lipinski definition) is 7. The van der Waals surface area contributed by atoms with Crippen molar-refractivity contribution < 1.29 is 34.2 Å². The molecule has 1 heterocycles. The molecule has 0 radical (unpaired) electrons. The molecule has 8 N–H and O–H groups in total. The number of aromatic amines is 1. The van der Waals surface area contributed by atoms with Crippen molar-refractivity contribution in [3.05, 3.63) is 71.9 Å². The number of H-pyrrole nitrogens is 1. The van der Waals surface area contributed by atoms with Crippen molar-refractivity contribution in [3.8, 4) is 0 Å². The van der Waals surface area contributed by atoms with Gasteiger partial charge in [-0.15, -0.1) is 0 Å². The standard InChI is InChI=1S/C29H35N5O7S/c1-42-12-11-22(32-26(37)20(30)15-25(35)36)27(38)33-23(13-17-7-3-2-4-8-17)28(39)34-24(29(40)41)14-18-16-31-21-10-6-5-9-19(18)21/h2-10,16,20,22-24,31H,11-15,30H2,1H3,(H,32,37)(H,33,38)(H,34,39)(H,35,36)(H,40,41). The Balaban J connectivity index is 1.80. The molecule has 3 rings (SSSR count). The number of amides is 3. The highest BCUT2D eigenvalue weighted by molar-refractivity contribution is 7.98. The molecule has 0 saturated carbocycles. The SMILES string of the molecule is CSCCC(NC(=O)C(N)CC(=O)O)C(=O)NC(Cc1ccccc1)C(=O)NC(Cc1c[nH]c2ccccc12)C(=O)O. The summed E-state index contributed by atoms with van der Waals surface area (Å²) in [4.78, 5) is 65.6. The first kappa shape index (κ1) is 32.2. The Bertz CT molecular complexity index is 1400. The van der Waals surface area contributed by atoms with Crippen LogP contribution in [0.1, 0.15) is 24.0 Å². The van der Waals surface area contributed by atoms with Crippen molar-refractivity contribution >= 4 is 52.3 Å². The summed E-state index contributed by atoms with van der Waals surface area (Å²) in [5.41, 5.74) is 7.93. The number of aliphatic carboxylic acids is 2. The summed E-state index contributed by atoms with van der Waals surface area (Å²) < 4.78 is 0. The van der Waals surface area contributed by atoms with Crippen molar-refractivity contribution in [2.45, 2.75) is 49.9 Å². The van der Waals surface area contributed by atoms with E-state index in [9.17, 15) is 29.1 Å². The van der Waals surface area contributed by atoms with Gasteiger partial charge < -0.3 is 36.9 Å². The normalized spacial score (nSPS) is 13.9. The van der Waals surface area contributed by atoms with E-state index < -0.39 is 60.2 Å². The predicted octanol–water partition coefficient (Wildman–Crippen LogP) is 1.05. The first-order chi connectivity index (χ1) is 20.1. The maximum Gasteiger partial charge on any atom is 0.326 e. The number of rotatable bonds is 16. The van der Waals surface area contributed by atoms with Gasteiger partial charge in [0, 0.05) is 29.9 Å². The van der Waals surface area contributed by atoms with Crippen LogP contribution in [0, 0.1) is 0 Å². The van der Waals surface area contributed by atoms with Crippen LogP contribution in [-0.2, 0) is 36.8 Å². The predicted molar refractivity (Wildman–Crippen MR) is 159 cm³/mol. The van der Waals surface area contributed by atoms with Crippen LogP contribution < -0.4 is 21.7 Å². The zero-order chi connectivity index (χ0) is 30.6. The molecule has 4 unspecified atom stereocenters. The van der Waals surface area contributed by atoms with Crippen LogP contribution in [0.5, 0.6) is 0 Å². The van der Waals surface area contributed by atoms with Crippen LogP contribution in [0.25, 0.3) is 10.9 Å². The van der Waals surface area contributed by atoms with Gasteiger partial charge in [0.05, 0.1) is 12.5 Å². The molecule has 0 aliphatic heterocycles. The van der Waals surface area contributed by atoms with Gasteiger partial charge in [0.1, 0.15) is 18.1 Å².